The molecule has 3 rings (SSSR count). The minimum absolute atomic E-state index is 0.267. The Labute approximate surface area is 123 Å². The highest BCUT2D eigenvalue weighted by molar-refractivity contribution is 5.46. The third kappa shape index (κ3) is 3.49. The van der Waals surface area contributed by atoms with E-state index >= 15 is 0 Å². The van der Waals surface area contributed by atoms with Crippen molar-refractivity contribution in [3.8, 4) is 17.2 Å². The van der Waals surface area contributed by atoms with Crippen molar-refractivity contribution in [3.05, 3.63) is 41.9 Å². The smallest absolute Gasteiger partial charge is 0.231 e. The van der Waals surface area contributed by atoms with E-state index in [1.807, 2.05) is 24.3 Å². The van der Waals surface area contributed by atoms with Gasteiger partial charge >= 0.3 is 0 Å². The van der Waals surface area contributed by atoms with Crippen LogP contribution >= 0.6 is 0 Å². The Morgan fingerprint density at radius 2 is 2.05 bits per heavy atom. The van der Waals surface area contributed by atoms with E-state index in [1.54, 1.807) is 6.26 Å². The number of fused-ring (bicyclic) bond motifs is 1. The lowest BCUT2D eigenvalue weighted by Crippen LogP contribution is -2.21. The van der Waals surface area contributed by atoms with Gasteiger partial charge in [-0.05, 0) is 18.2 Å². The molecule has 0 fully saturated rings. The summed E-state index contributed by atoms with van der Waals surface area (Å²) in [4.78, 5) is 0. The van der Waals surface area contributed by atoms with E-state index in [4.69, 9.17) is 18.6 Å². The summed E-state index contributed by atoms with van der Waals surface area (Å²) in [6.07, 6.45) is 1.76. The molecule has 0 aliphatic carbocycles. The Morgan fingerprint density at radius 1 is 1.19 bits per heavy atom. The average molecular weight is 289 g/mol. The topological polar surface area (TPSA) is 52.9 Å². The molecule has 112 valence electrons. The fourth-order valence-electron chi connectivity index (χ4n) is 2.04. The molecule has 2 heterocycles. The Morgan fingerprint density at radius 3 is 2.90 bits per heavy atom. The molecular formula is C16H19NO4. The van der Waals surface area contributed by atoms with Gasteiger partial charge < -0.3 is 23.9 Å². The van der Waals surface area contributed by atoms with E-state index in [1.165, 1.54) is 0 Å². The predicted octanol–water partition coefficient (Wildman–Crippen LogP) is 3.09. The van der Waals surface area contributed by atoms with Crippen molar-refractivity contribution in [1.29, 1.82) is 0 Å². The van der Waals surface area contributed by atoms with E-state index in [-0.39, 0.29) is 6.79 Å². The first-order valence-electron chi connectivity index (χ1n) is 7.03. The second kappa shape index (κ2) is 6.10. The van der Waals surface area contributed by atoms with E-state index in [9.17, 15) is 0 Å². The molecular weight excluding hydrogens is 270 g/mol. The fraction of sp³-hybridized carbons (Fsp3) is 0.375. The van der Waals surface area contributed by atoms with Crippen LogP contribution in [0, 0.1) is 0 Å². The number of nitrogens with one attached hydrogen (secondary N) is 1. The van der Waals surface area contributed by atoms with Crippen molar-refractivity contribution in [1.82, 2.24) is 5.32 Å². The van der Waals surface area contributed by atoms with Gasteiger partial charge in [0.1, 0.15) is 18.1 Å². The van der Waals surface area contributed by atoms with Gasteiger partial charge in [-0.15, -0.1) is 0 Å². The highest BCUT2D eigenvalue weighted by Crippen LogP contribution is 2.35. The molecule has 0 unspecified atom stereocenters. The molecule has 1 aromatic carbocycles. The Hall–Kier alpha value is -2.14. The summed E-state index contributed by atoms with van der Waals surface area (Å²) in [5.74, 6) is 3.00. The molecule has 1 N–H and O–H groups in total. The van der Waals surface area contributed by atoms with Crippen LogP contribution in [0.1, 0.15) is 25.2 Å². The summed E-state index contributed by atoms with van der Waals surface area (Å²) < 4.78 is 21.8. The first-order chi connectivity index (χ1) is 10.2. The Balaban J connectivity index is 1.55. The van der Waals surface area contributed by atoms with Crippen LogP contribution in [-0.4, -0.2) is 12.8 Å². The molecule has 0 bridgehead atoms. The highest BCUT2D eigenvalue weighted by atomic mass is 16.7. The van der Waals surface area contributed by atoms with Crippen LogP contribution in [0.15, 0.2) is 34.9 Å². The normalized spacial score (nSPS) is 12.9. The van der Waals surface area contributed by atoms with E-state index in [2.05, 4.69) is 19.2 Å². The number of benzene rings is 1. The van der Waals surface area contributed by atoms with Crippen LogP contribution in [0.5, 0.6) is 17.2 Å². The second-order valence-corrected chi connectivity index (χ2v) is 5.26. The van der Waals surface area contributed by atoms with E-state index < -0.39 is 0 Å². The third-order valence-corrected chi connectivity index (χ3v) is 3.15. The van der Waals surface area contributed by atoms with Crippen molar-refractivity contribution in [2.45, 2.75) is 33.0 Å². The molecule has 0 amide bonds. The first-order valence-corrected chi connectivity index (χ1v) is 7.03. The molecule has 1 aliphatic rings. The highest BCUT2D eigenvalue weighted by Gasteiger charge is 2.14. The monoisotopic (exact) mass is 289 g/mol. The van der Waals surface area contributed by atoms with Crippen molar-refractivity contribution in [2.24, 2.45) is 0 Å². The van der Waals surface area contributed by atoms with Gasteiger partial charge in [-0.1, -0.05) is 13.8 Å². The standard InChI is InChI=1S/C16H19NO4/c1-11(2)17-7-12-5-14(18-8-12)9-19-13-3-4-15-16(6-13)21-10-20-15/h3-6,8,11,17H,7,9-10H2,1-2H3. The first kappa shape index (κ1) is 13.8. The van der Waals surface area contributed by atoms with E-state index in [0.29, 0.717) is 18.4 Å². The summed E-state index contributed by atoms with van der Waals surface area (Å²) >= 11 is 0. The lowest BCUT2D eigenvalue weighted by atomic mass is 10.3. The molecule has 5 heteroatoms. The van der Waals surface area contributed by atoms with Crippen LogP contribution in [0.2, 0.25) is 0 Å². The van der Waals surface area contributed by atoms with Gasteiger partial charge in [0.05, 0.1) is 6.26 Å². The predicted molar refractivity (Wildman–Crippen MR) is 77.6 cm³/mol. The van der Waals surface area contributed by atoms with Crippen molar-refractivity contribution in [2.75, 3.05) is 6.79 Å². The zero-order chi connectivity index (χ0) is 14.7. The van der Waals surface area contributed by atoms with Gasteiger partial charge in [-0.3, -0.25) is 0 Å². The molecule has 0 spiro atoms. The van der Waals surface area contributed by atoms with Crippen LogP contribution < -0.4 is 19.5 Å². The van der Waals surface area contributed by atoms with Crippen molar-refractivity contribution in [3.63, 3.8) is 0 Å². The zero-order valence-electron chi connectivity index (χ0n) is 12.2. The fourth-order valence-corrected chi connectivity index (χ4v) is 2.04. The largest absolute Gasteiger partial charge is 0.486 e. The van der Waals surface area contributed by atoms with Gasteiger partial charge in [-0.2, -0.15) is 0 Å². The summed E-state index contributed by atoms with van der Waals surface area (Å²) in [7, 11) is 0. The lowest BCUT2D eigenvalue weighted by molar-refractivity contribution is 0.173. The Bertz CT molecular complexity index is 606. The van der Waals surface area contributed by atoms with Crippen LogP contribution in [0.4, 0.5) is 0 Å². The van der Waals surface area contributed by atoms with E-state index in [0.717, 1.165) is 29.4 Å². The number of hydrogen-bond donors (Lipinski definition) is 1. The Kier molecular flexibility index (Phi) is 4.01. The lowest BCUT2D eigenvalue weighted by Gasteiger charge is -2.05. The number of furan rings is 1. The summed E-state index contributed by atoms with van der Waals surface area (Å²) in [5, 5.41) is 3.35. The number of hydrogen-bond acceptors (Lipinski definition) is 5. The van der Waals surface area contributed by atoms with Crippen molar-refractivity contribution < 1.29 is 18.6 Å². The van der Waals surface area contributed by atoms with Crippen LogP contribution in [-0.2, 0) is 13.2 Å². The molecule has 1 aliphatic heterocycles. The third-order valence-electron chi connectivity index (χ3n) is 3.15. The molecule has 0 radical (unpaired) electrons. The van der Waals surface area contributed by atoms with Gasteiger partial charge in [0.2, 0.25) is 6.79 Å². The molecule has 1 aromatic heterocycles. The molecule has 5 nitrogen and oxygen atoms in total. The average Bonchev–Trinajstić information content (AvgIpc) is 3.11. The van der Waals surface area contributed by atoms with Crippen LogP contribution in [0.3, 0.4) is 0 Å². The molecule has 0 saturated heterocycles. The molecule has 0 atom stereocenters. The molecule has 0 saturated carbocycles. The molecule has 2 aromatic rings. The van der Waals surface area contributed by atoms with Gasteiger partial charge in [0.25, 0.3) is 0 Å². The summed E-state index contributed by atoms with van der Waals surface area (Å²) in [6.45, 7) is 5.68. The minimum Gasteiger partial charge on any atom is -0.486 e. The summed E-state index contributed by atoms with van der Waals surface area (Å²) in [6, 6.07) is 7.98. The molecule has 21 heavy (non-hydrogen) atoms. The quantitative estimate of drug-likeness (QED) is 0.885. The van der Waals surface area contributed by atoms with Crippen LogP contribution in [0.25, 0.3) is 0 Å². The van der Waals surface area contributed by atoms with Gasteiger partial charge in [0.15, 0.2) is 11.5 Å². The maximum absolute atomic E-state index is 5.71. The second-order valence-electron chi connectivity index (χ2n) is 5.26. The minimum atomic E-state index is 0.267. The van der Waals surface area contributed by atoms with Gasteiger partial charge in [-0.25, -0.2) is 0 Å². The van der Waals surface area contributed by atoms with Gasteiger partial charge in [0, 0.05) is 24.2 Å². The maximum atomic E-state index is 5.71. The summed E-state index contributed by atoms with van der Waals surface area (Å²) in [5.41, 5.74) is 1.12. The van der Waals surface area contributed by atoms with Crippen molar-refractivity contribution >= 4 is 0 Å². The SMILES string of the molecule is CC(C)NCc1coc(COc2ccc3c(c2)OCO3)c1. The number of ether oxygens (including phenoxy) is 3. The maximum Gasteiger partial charge on any atom is 0.231 e. The zero-order valence-corrected chi connectivity index (χ0v) is 12.2. The number of rotatable bonds is 6.